The van der Waals surface area contributed by atoms with E-state index in [9.17, 15) is 14.7 Å². The molecule has 5 heteroatoms. The van der Waals surface area contributed by atoms with Gasteiger partial charge in [-0.2, -0.15) is 0 Å². The number of rotatable bonds is 6. The van der Waals surface area contributed by atoms with Crippen LogP contribution in [0.2, 0.25) is 0 Å². The van der Waals surface area contributed by atoms with Crippen molar-refractivity contribution in [1.29, 1.82) is 0 Å². The maximum absolute atomic E-state index is 13.4. The van der Waals surface area contributed by atoms with Crippen LogP contribution in [-0.4, -0.2) is 58.5 Å². The van der Waals surface area contributed by atoms with E-state index in [4.69, 9.17) is 0 Å². The average molecular weight is 380 g/mol. The number of benzene rings is 2. The van der Waals surface area contributed by atoms with E-state index in [0.717, 1.165) is 36.6 Å². The third-order valence-electron chi connectivity index (χ3n) is 6.07. The Morgan fingerprint density at radius 1 is 1.07 bits per heavy atom. The van der Waals surface area contributed by atoms with Crippen LogP contribution in [0.5, 0.6) is 0 Å². The third-order valence-corrected chi connectivity index (χ3v) is 6.07. The standard InChI is InChI=1S/C23H28N2O3/c1-15(2)12-18(13-24-11-5-8-17(24)14-26)25-22(27)19-9-3-6-16-7-4-10-20(21(16)19)23(25)28/h3-4,6-7,9-10,15,17-18,26H,5,8,11-14H2,1-2H3/t17-,18-/m0/s1. The Kier molecular flexibility index (Phi) is 5.21. The largest absolute Gasteiger partial charge is 0.395 e. The molecule has 28 heavy (non-hydrogen) atoms. The number of aliphatic hydroxyl groups excluding tert-OH is 1. The van der Waals surface area contributed by atoms with Crippen molar-refractivity contribution in [2.45, 2.75) is 45.2 Å². The van der Waals surface area contributed by atoms with Gasteiger partial charge in [0.1, 0.15) is 0 Å². The van der Waals surface area contributed by atoms with Crippen molar-refractivity contribution in [2.24, 2.45) is 5.92 Å². The molecule has 4 rings (SSSR count). The first kappa shape index (κ1) is 19.1. The molecule has 0 aliphatic carbocycles. The van der Waals surface area contributed by atoms with E-state index in [-0.39, 0.29) is 30.5 Å². The number of carbonyl (C=O) groups excluding carboxylic acids is 2. The molecule has 148 valence electrons. The fourth-order valence-corrected chi connectivity index (χ4v) is 4.80. The van der Waals surface area contributed by atoms with Crippen LogP contribution in [0.25, 0.3) is 10.8 Å². The third kappa shape index (κ3) is 3.23. The molecular weight excluding hydrogens is 352 g/mol. The molecule has 0 spiro atoms. The van der Waals surface area contributed by atoms with E-state index in [1.54, 1.807) is 0 Å². The molecule has 1 N–H and O–H groups in total. The van der Waals surface area contributed by atoms with Gasteiger partial charge in [0.05, 0.1) is 12.6 Å². The van der Waals surface area contributed by atoms with Crippen LogP contribution >= 0.6 is 0 Å². The van der Waals surface area contributed by atoms with Gasteiger partial charge in [0.25, 0.3) is 11.8 Å². The molecule has 2 amide bonds. The van der Waals surface area contributed by atoms with Gasteiger partial charge in [-0.3, -0.25) is 19.4 Å². The number of hydrogen-bond donors (Lipinski definition) is 1. The molecular formula is C23H28N2O3. The Labute approximate surface area is 165 Å². The lowest BCUT2D eigenvalue weighted by molar-refractivity contribution is 0.0450. The molecule has 5 nitrogen and oxygen atoms in total. The van der Waals surface area contributed by atoms with E-state index in [1.807, 2.05) is 36.4 Å². The molecule has 0 unspecified atom stereocenters. The van der Waals surface area contributed by atoms with Gasteiger partial charge in [-0.25, -0.2) is 0 Å². The van der Waals surface area contributed by atoms with Crippen molar-refractivity contribution < 1.29 is 14.7 Å². The van der Waals surface area contributed by atoms with Crippen molar-refractivity contribution in [2.75, 3.05) is 19.7 Å². The number of aliphatic hydroxyl groups is 1. The normalized spacial score (nSPS) is 21.1. The van der Waals surface area contributed by atoms with Gasteiger partial charge in [0.15, 0.2) is 0 Å². The van der Waals surface area contributed by atoms with Gasteiger partial charge in [-0.1, -0.05) is 38.1 Å². The Bertz CT molecular complexity index is 857. The molecule has 0 aromatic heterocycles. The zero-order chi connectivity index (χ0) is 19.8. The molecule has 2 heterocycles. The molecule has 2 aliphatic rings. The predicted molar refractivity (Wildman–Crippen MR) is 109 cm³/mol. The van der Waals surface area contributed by atoms with E-state index < -0.39 is 0 Å². The summed E-state index contributed by atoms with van der Waals surface area (Å²) in [5, 5.41) is 11.4. The fourth-order valence-electron chi connectivity index (χ4n) is 4.80. The average Bonchev–Trinajstić information content (AvgIpc) is 3.12. The number of imide groups is 1. The predicted octanol–water partition coefficient (Wildman–Crippen LogP) is 3.31. The van der Waals surface area contributed by atoms with Crippen LogP contribution in [0.1, 0.15) is 53.8 Å². The Morgan fingerprint density at radius 3 is 2.29 bits per heavy atom. The second kappa shape index (κ2) is 7.64. The number of likely N-dealkylation sites (tertiary alicyclic amines) is 1. The van der Waals surface area contributed by atoms with E-state index in [0.29, 0.717) is 23.6 Å². The first-order valence-corrected chi connectivity index (χ1v) is 10.3. The summed E-state index contributed by atoms with van der Waals surface area (Å²) in [6.07, 6.45) is 2.77. The number of amides is 2. The maximum atomic E-state index is 13.4. The monoisotopic (exact) mass is 380 g/mol. The summed E-state index contributed by atoms with van der Waals surface area (Å²) in [7, 11) is 0. The van der Waals surface area contributed by atoms with Crippen molar-refractivity contribution >= 4 is 22.6 Å². The zero-order valence-electron chi connectivity index (χ0n) is 16.6. The van der Waals surface area contributed by atoms with Crippen molar-refractivity contribution in [3.05, 3.63) is 47.5 Å². The maximum Gasteiger partial charge on any atom is 0.261 e. The molecule has 0 bridgehead atoms. The summed E-state index contributed by atoms with van der Waals surface area (Å²) in [6, 6.07) is 11.2. The van der Waals surface area contributed by atoms with Crippen molar-refractivity contribution in [3.63, 3.8) is 0 Å². The van der Waals surface area contributed by atoms with Crippen LogP contribution in [-0.2, 0) is 0 Å². The van der Waals surface area contributed by atoms with Crippen LogP contribution in [0.4, 0.5) is 0 Å². The van der Waals surface area contributed by atoms with Crippen LogP contribution in [0.3, 0.4) is 0 Å². The van der Waals surface area contributed by atoms with Gasteiger partial charge in [0.2, 0.25) is 0 Å². The lowest BCUT2D eigenvalue weighted by Crippen LogP contribution is -2.53. The van der Waals surface area contributed by atoms with Gasteiger partial charge in [0, 0.05) is 29.1 Å². The minimum atomic E-state index is -0.198. The number of carbonyl (C=O) groups is 2. The smallest absolute Gasteiger partial charge is 0.261 e. The summed E-state index contributed by atoms with van der Waals surface area (Å²) in [5.41, 5.74) is 1.23. The number of nitrogens with zero attached hydrogens (tertiary/aromatic N) is 2. The van der Waals surface area contributed by atoms with Crippen molar-refractivity contribution in [3.8, 4) is 0 Å². The second-order valence-electron chi connectivity index (χ2n) is 8.45. The van der Waals surface area contributed by atoms with Crippen molar-refractivity contribution in [1.82, 2.24) is 9.80 Å². The minimum Gasteiger partial charge on any atom is -0.395 e. The van der Waals surface area contributed by atoms with Gasteiger partial charge < -0.3 is 5.11 Å². The molecule has 1 fully saturated rings. The van der Waals surface area contributed by atoms with Gasteiger partial charge >= 0.3 is 0 Å². The number of hydrogen-bond acceptors (Lipinski definition) is 4. The van der Waals surface area contributed by atoms with Gasteiger partial charge in [-0.05, 0) is 49.2 Å². The summed E-state index contributed by atoms with van der Waals surface area (Å²) in [4.78, 5) is 30.5. The van der Waals surface area contributed by atoms with Gasteiger partial charge in [-0.15, -0.1) is 0 Å². The molecule has 0 radical (unpaired) electrons. The van der Waals surface area contributed by atoms with E-state index >= 15 is 0 Å². The minimum absolute atomic E-state index is 0.123. The highest BCUT2D eigenvalue weighted by molar-refractivity contribution is 6.25. The Hall–Kier alpha value is -2.24. The topological polar surface area (TPSA) is 60.9 Å². The first-order chi connectivity index (χ1) is 13.5. The van der Waals surface area contributed by atoms with Crippen LogP contribution in [0.15, 0.2) is 36.4 Å². The highest BCUT2D eigenvalue weighted by Crippen LogP contribution is 2.32. The lowest BCUT2D eigenvalue weighted by atomic mass is 9.91. The SMILES string of the molecule is CC(C)C[C@@H](CN1CCC[C@H]1CO)N1C(=O)c2cccc3cccc(c23)C1=O. The van der Waals surface area contributed by atoms with E-state index in [2.05, 4.69) is 18.7 Å². The highest BCUT2D eigenvalue weighted by atomic mass is 16.3. The molecule has 0 saturated carbocycles. The summed E-state index contributed by atoms with van der Waals surface area (Å²) in [6.45, 7) is 5.89. The second-order valence-corrected chi connectivity index (χ2v) is 8.45. The molecule has 2 aromatic rings. The fraction of sp³-hybridized carbons (Fsp3) is 0.478. The highest BCUT2D eigenvalue weighted by Gasteiger charge is 2.39. The summed E-state index contributed by atoms with van der Waals surface area (Å²) in [5.74, 6) is -0.0341. The first-order valence-electron chi connectivity index (χ1n) is 10.3. The Balaban J connectivity index is 1.72. The molecule has 1 saturated heterocycles. The molecule has 2 aromatic carbocycles. The molecule has 2 aliphatic heterocycles. The van der Waals surface area contributed by atoms with E-state index in [1.165, 1.54) is 4.90 Å². The Morgan fingerprint density at radius 2 is 1.71 bits per heavy atom. The lowest BCUT2D eigenvalue weighted by Gasteiger charge is -2.38. The summed E-state index contributed by atoms with van der Waals surface area (Å²) < 4.78 is 0. The summed E-state index contributed by atoms with van der Waals surface area (Å²) >= 11 is 0. The molecule has 2 atom stereocenters. The van der Waals surface area contributed by atoms with Crippen LogP contribution in [0, 0.1) is 5.92 Å². The quantitative estimate of drug-likeness (QED) is 0.781. The van der Waals surface area contributed by atoms with Crippen LogP contribution < -0.4 is 0 Å². The zero-order valence-corrected chi connectivity index (χ0v) is 16.6.